The van der Waals surface area contributed by atoms with Crippen LogP contribution in [0.3, 0.4) is 0 Å². The van der Waals surface area contributed by atoms with Crippen LogP contribution in [0, 0.1) is 13.8 Å². The predicted octanol–water partition coefficient (Wildman–Crippen LogP) is 3.48. The van der Waals surface area contributed by atoms with Crippen molar-refractivity contribution in [3.8, 4) is 5.75 Å². The van der Waals surface area contributed by atoms with Crippen LogP contribution in [0.4, 0.5) is 4.79 Å². The van der Waals surface area contributed by atoms with Gasteiger partial charge < -0.3 is 14.4 Å². The summed E-state index contributed by atoms with van der Waals surface area (Å²) in [7, 11) is 0. The van der Waals surface area contributed by atoms with Crippen molar-refractivity contribution in [2.75, 3.05) is 13.1 Å². The number of rotatable bonds is 2. The van der Waals surface area contributed by atoms with Crippen molar-refractivity contribution in [1.29, 1.82) is 0 Å². The molecule has 1 atom stereocenters. The lowest BCUT2D eigenvalue weighted by atomic mass is 10.1. The van der Waals surface area contributed by atoms with Gasteiger partial charge in [0, 0.05) is 30.1 Å². The molecule has 22 heavy (non-hydrogen) atoms. The second kappa shape index (κ2) is 6.55. The van der Waals surface area contributed by atoms with Crippen molar-refractivity contribution in [3.63, 3.8) is 0 Å². The Kier molecular flexibility index (Phi) is 4.94. The Bertz CT molecular complexity index is 517. The maximum atomic E-state index is 12.2. The quantitative estimate of drug-likeness (QED) is 0.839. The molecule has 1 aromatic heterocycles. The third-order valence-electron chi connectivity index (χ3n) is 3.39. The number of piperidine rings is 1. The molecular formula is C17H26N2O3. The van der Waals surface area contributed by atoms with E-state index in [0.29, 0.717) is 6.54 Å². The summed E-state index contributed by atoms with van der Waals surface area (Å²) in [5.41, 5.74) is 1.41. The van der Waals surface area contributed by atoms with Crippen LogP contribution in [0.15, 0.2) is 12.1 Å². The van der Waals surface area contributed by atoms with E-state index in [9.17, 15) is 4.79 Å². The molecule has 0 radical (unpaired) electrons. The maximum Gasteiger partial charge on any atom is 0.410 e. The molecule has 1 aliphatic rings. The Morgan fingerprint density at radius 1 is 1.27 bits per heavy atom. The third-order valence-corrected chi connectivity index (χ3v) is 3.39. The van der Waals surface area contributed by atoms with Crippen LogP contribution in [-0.2, 0) is 4.74 Å². The molecule has 1 saturated heterocycles. The van der Waals surface area contributed by atoms with Crippen molar-refractivity contribution in [2.24, 2.45) is 0 Å². The fraction of sp³-hybridized carbons (Fsp3) is 0.647. The van der Waals surface area contributed by atoms with Crippen LogP contribution in [0.25, 0.3) is 0 Å². The Hall–Kier alpha value is -1.78. The van der Waals surface area contributed by atoms with Crippen molar-refractivity contribution in [2.45, 2.75) is 59.2 Å². The molecule has 122 valence electrons. The molecule has 0 aliphatic carbocycles. The van der Waals surface area contributed by atoms with Gasteiger partial charge in [0.1, 0.15) is 17.5 Å². The molecule has 2 rings (SSSR count). The number of pyridine rings is 1. The molecule has 1 fully saturated rings. The summed E-state index contributed by atoms with van der Waals surface area (Å²) in [5.74, 6) is 0.820. The van der Waals surface area contributed by atoms with Crippen LogP contribution in [-0.4, -0.2) is 40.8 Å². The molecule has 0 aromatic carbocycles. The van der Waals surface area contributed by atoms with E-state index < -0.39 is 5.60 Å². The summed E-state index contributed by atoms with van der Waals surface area (Å²) in [6.45, 7) is 10.8. The normalized spacial score (nSPS) is 19.0. The number of aromatic nitrogens is 1. The SMILES string of the molecule is Cc1cc(O[C@@H]2CCCN(C(=O)OC(C)(C)C)C2)cc(C)n1. The van der Waals surface area contributed by atoms with E-state index >= 15 is 0 Å². The minimum Gasteiger partial charge on any atom is -0.488 e. The fourth-order valence-electron chi connectivity index (χ4n) is 2.58. The van der Waals surface area contributed by atoms with Gasteiger partial charge in [-0.3, -0.25) is 4.98 Å². The Morgan fingerprint density at radius 3 is 2.50 bits per heavy atom. The zero-order valence-electron chi connectivity index (χ0n) is 14.2. The van der Waals surface area contributed by atoms with E-state index in [2.05, 4.69) is 4.98 Å². The van der Waals surface area contributed by atoms with Crippen LogP contribution in [0.2, 0.25) is 0 Å². The van der Waals surface area contributed by atoms with Gasteiger partial charge in [-0.15, -0.1) is 0 Å². The van der Waals surface area contributed by atoms with Crippen LogP contribution in [0.5, 0.6) is 5.75 Å². The topological polar surface area (TPSA) is 51.7 Å². The third kappa shape index (κ3) is 4.90. The highest BCUT2D eigenvalue weighted by atomic mass is 16.6. The molecule has 1 amide bonds. The monoisotopic (exact) mass is 306 g/mol. The van der Waals surface area contributed by atoms with E-state index in [1.807, 2.05) is 46.8 Å². The van der Waals surface area contributed by atoms with Gasteiger partial charge in [-0.1, -0.05) is 0 Å². The van der Waals surface area contributed by atoms with E-state index in [1.54, 1.807) is 4.90 Å². The fourth-order valence-corrected chi connectivity index (χ4v) is 2.58. The van der Waals surface area contributed by atoms with Crippen LogP contribution >= 0.6 is 0 Å². The first kappa shape index (κ1) is 16.6. The molecule has 5 heteroatoms. The summed E-state index contributed by atoms with van der Waals surface area (Å²) >= 11 is 0. The van der Waals surface area contributed by atoms with Gasteiger partial charge in [0.2, 0.25) is 0 Å². The zero-order valence-corrected chi connectivity index (χ0v) is 14.2. The average molecular weight is 306 g/mol. The molecule has 0 spiro atoms. The largest absolute Gasteiger partial charge is 0.488 e. The number of aryl methyl sites for hydroxylation is 2. The number of amides is 1. The number of ether oxygens (including phenoxy) is 2. The Morgan fingerprint density at radius 2 is 1.91 bits per heavy atom. The molecule has 2 heterocycles. The molecular weight excluding hydrogens is 280 g/mol. The number of carbonyl (C=O) groups excluding carboxylic acids is 1. The number of likely N-dealkylation sites (tertiary alicyclic amines) is 1. The second-order valence-electron chi connectivity index (χ2n) is 6.89. The summed E-state index contributed by atoms with van der Waals surface area (Å²) < 4.78 is 11.5. The van der Waals surface area contributed by atoms with Crippen molar-refractivity contribution >= 4 is 6.09 Å². The predicted molar refractivity (Wildman–Crippen MR) is 85.2 cm³/mol. The second-order valence-corrected chi connectivity index (χ2v) is 6.89. The molecule has 1 aliphatic heterocycles. The number of hydrogen-bond donors (Lipinski definition) is 0. The van der Waals surface area contributed by atoms with Gasteiger partial charge in [-0.2, -0.15) is 0 Å². The number of hydrogen-bond acceptors (Lipinski definition) is 4. The van der Waals surface area contributed by atoms with Gasteiger partial charge >= 0.3 is 6.09 Å². The minimum absolute atomic E-state index is 0.00229. The van der Waals surface area contributed by atoms with E-state index in [1.165, 1.54) is 0 Å². The summed E-state index contributed by atoms with van der Waals surface area (Å²) in [6, 6.07) is 3.86. The minimum atomic E-state index is -0.468. The highest BCUT2D eigenvalue weighted by molar-refractivity contribution is 5.68. The van der Waals surface area contributed by atoms with Gasteiger partial charge in [-0.25, -0.2) is 4.79 Å². The highest BCUT2D eigenvalue weighted by Gasteiger charge is 2.28. The van der Waals surface area contributed by atoms with Gasteiger partial charge in [-0.05, 0) is 47.5 Å². The van der Waals surface area contributed by atoms with E-state index in [-0.39, 0.29) is 12.2 Å². The Labute approximate surface area is 132 Å². The molecule has 0 bridgehead atoms. The zero-order chi connectivity index (χ0) is 16.3. The number of carbonyl (C=O) groups is 1. The lowest BCUT2D eigenvalue weighted by molar-refractivity contribution is 0.00773. The first-order valence-corrected chi connectivity index (χ1v) is 7.83. The number of nitrogens with zero attached hydrogens (tertiary/aromatic N) is 2. The Balaban J connectivity index is 1.97. The standard InChI is InChI=1S/C17H26N2O3/c1-12-9-15(10-13(2)18-12)21-14-7-6-8-19(11-14)16(20)22-17(3,4)5/h9-10,14H,6-8,11H2,1-5H3/t14-/m1/s1. The van der Waals surface area contributed by atoms with Crippen LogP contribution in [0.1, 0.15) is 45.0 Å². The molecule has 0 N–H and O–H groups in total. The van der Waals surface area contributed by atoms with E-state index in [0.717, 1.165) is 36.5 Å². The first-order valence-electron chi connectivity index (χ1n) is 7.83. The van der Waals surface area contributed by atoms with Crippen molar-refractivity contribution in [1.82, 2.24) is 9.88 Å². The van der Waals surface area contributed by atoms with Gasteiger partial charge in [0.25, 0.3) is 0 Å². The highest BCUT2D eigenvalue weighted by Crippen LogP contribution is 2.21. The van der Waals surface area contributed by atoms with Gasteiger partial charge in [0.05, 0.1) is 6.54 Å². The maximum absolute atomic E-state index is 12.2. The molecule has 1 aromatic rings. The van der Waals surface area contributed by atoms with Crippen molar-refractivity contribution < 1.29 is 14.3 Å². The summed E-state index contributed by atoms with van der Waals surface area (Å²) in [6.07, 6.45) is 1.61. The first-order chi connectivity index (χ1) is 10.2. The van der Waals surface area contributed by atoms with Gasteiger partial charge in [0.15, 0.2) is 0 Å². The molecule has 5 nitrogen and oxygen atoms in total. The lowest BCUT2D eigenvalue weighted by Crippen LogP contribution is -2.46. The van der Waals surface area contributed by atoms with Crippen molar-refractivity contribution in [3.05, 3.63) is 23.5 Å². The average Bonchev–Trinajstić information content (AvgIpc) is 2.35. The smallest absolute Gasteiger partial charge is 0.410 e. The molecule has 0 unspecified atom stereocenters. The summed E-state index contributed by atoms with van der Waals surface area (Å²) in [4.78, 5) is 18.2. The van der Waals surface area contributed by atoms with Crippen LogP contribution < -0.4 is 4.74 Å². The lowest BCUT2D eigenvalue weighted by Gasteiger charge is -2.34. The van der Waals surface area contributed by atoms with E-state index in [4.69, 9.17) is 9.47 Å². The molecule has 0 saturated carbocycles. The summed E-state index contributed by atoms with van der Waals surface area (Å²) in [5, 5.41) is 0.